The molecule has 1 unspecified atom stereocenters. The van der Waals surface area contributed by atoms with Gasteiger partial charge in [-0.3, -0.25) is 0 Å². The molecular formula is C11H13IO4. The lowest BCUT2D eigenvalue weighted by Crippen LogP contribution is -2.42. The van der Waals surface area contributed by atoms with E-state index in [-0.39, 0.29) is 12.7 Å². The number of hydrogen-bond donors (Lipinski definition) is 2. The number of aliphatic hydroxyl groups is 2. The van der Waals surface area contributed by atoms with Crippen molar-refractivity contribution in [3.8, 4) is 0 Å². The van der Waals surface area contributed by atoms with E-state index in [0.29, 0.717) is 6.61 Å². The molecule has 1 aromatic rings. The largest absolute Gasteiger partial charge is 0.393 e. The van der Waals surface area contributed by atoms with Crippen molar-refractivity contribution in [2.45, 2.75) is 18.5 Å². The third kappa shape index (κ3) is 2.72. The van der Waals surface area contributed by atoms with Crippen LogP contribution in [0, 0.1) is 3.57 Å². The van der Waals surface area contributed by atoms with Crippen molar-refractivity contribution in [2.24, 2.45) is 0 Å². The molecule has 3 atom stereocenters. The molecule has 0 bridgehead atoms. The normalized spacial score (nSPS) is 30.3. The van der Waals surface area contributed by atoms with Gasteiger partial charge in [0.15, 0.2) is 6.29 Å². The SMILES string of the molecule is OC[C@@H]1O[C@@H](c2ccc(I)cc2)COC1O. The Morgan fingerprint density at radius 3 is 2.62 bits per heavy atom. The third-order valence-corrected chi connectivity index (χ3v) is 3.22. The molecule has 0 spiro atoms. The Labute approximate surface area is 107 Å². The standard InChI is InChI=1S/C11H13IO4/c12-8-3-1-7(2-4-8)10-6-15-11(14)9(5-13)16-10/h1-4,9-11,13-14H,5-6H2/t9-,10+,11?/m0/s1. The van der Waals surface area contributed by atoms with E-state index in [1.807, 2.05) is 24.3 Å². The van der Waals surface area contributed by atoms with E-state index in [9.17, 15) is 5.11 Å². The molecule has 16 heavy (non-hydrogen) atoms. The van der Waals surface area contributed by atoms with Crippen molar-refractivity contribution in [2.75, 3.05) is 13.2 Å². The number of hydrogen-bond acceptors (Lipinski definition) is 4. The molecule has 1 fully saturated rings. The molecule has 1 aliphatic heterocycles. The molecule has 88 valence electrons. The second-order valence-electron chi connectivity index (χ2n) is 3.62. The van der Waals surface area contributed by atoms with E-state index in [1.165, 1.54) is 0 Å². The third-order valence-electron chi connectivity index (χ3n) is 2.50. The van der Waals surface area contributed by atoms with Gasteiger partial charge in [-0.1, -0.05) is 12.1 Å². The second-order valence-corrected chi connectivity index (χ2v) is 4.87. The van der Waals surface area contributed by atoms with Crippen LogP contribution in [0.15, 0.2) is 24.3 Å². The summed E-state index contributed by atoms with van der Waals surface area (Å²) in [7, 11) is 0. The Hall–Kier alpha value is -0.210. The topological polar surface area (TPSA) is 58.9 Å². The first-order chi connectivity index (χ1) is 7.70. The summed E-state index contributed by atoms with van der Waals surface area (Å²) >= 11 is 2.23. The number of ether oxygens (including phenoxy) is 2. The van der Waals surface area contributed by atoms with Gasteiger partial charge in [0.1, 0.15) is 12.2 Å². The van der Waals surface area contributed by atoms with Gasteiger partial charge in [-0.25, -0.2) is 0 Å². The summed E-state index contributed by atoms with van der Waals surface area (Å²) in [5, 5.41) is 18.4. The summed E-state index contributed by atoms with van der Waals surface area (Å²) in [5.74, 6) is 0. The summed E-state index contributed by atoms with van der Waals surface area (Å²) in [6.07, 6.45) is -1.93. The summed E-state index contributed by atoms with van der Waals surface area (Å²) in [6, 6.07) is 7.89. The molecule has 0 amide bonds. The first-order valence-electron chi connectivity index (χ1n) is 5.02. The van der Waals surface area contributed by atoms with Gasteiger partial charge in [0.05, 0.1) is 13.2 Å². The zero-order valence-corrected chi connectivity index (χ0v) is 10.7. The number of aliphatic hydroxyl groups excluding tert-OH is 2. The maximum Gasteiger partial charge on any atom is 0.183 e. The molecule has 5 heteroatoms. The van der Waals surface area contributed by atoms with Crippen LogP contribution in [0.5, 0.6) is 0 Å². The molecule has 1 aromatic carbocycles. The highest BCUT2D eigenvalue weighted by Crippen LogP contribution is 2.26. The molecule has 1 aliphatic rings. The highest BCUT2D eigenvalue weighted by atomic mass is 127. The average Bonchev–Trinajstić information content (AvgIpc) is 2.31. The van der Waals surface area contributed by atoms with E-state index in [2.05, 4.69) is 22.6 Å². The summed E-state index contributed by atoms with van der Waals surface area (Å²) in [6.45, 7) is 0.0558. The van der Waals surface area contributed by atoms with Crippen LogP contribution < -0.4 is 0 Å². The van der Waals surface area contributed by atoms with E-state index < -0.39 is 12.4 Å². The van der Waals surface area contributed by atoms with Crippen molar-refractivity contribution in [3.63, 3.8) is 0 Å². The maximum atomic E-state index is 9.37. The van der Waals surface area contributed by atoms with Crippen LogP contribution in [-0.2, 0) is 9.47 Å². The van der Waals surface area contributed by atoms with Crippen LogP contribution in [0.1, 0.15) is 11.7 Å². The van der Waals surface area contributed by atoms with Crippen molar-refractivity contribution in [1.82, 2.24) is 0 Å². The van der Waals surface area contributed by atoms with Crippen molar-refractivity contribution < 1.29 is 19.7 Å². The van der Waals surface area contributed by atoms with Crippen LogP contribution >= 0.6 is 22.6 Å². The van der Waals surface area contributed by atoms with Gasteiger partial charge >= 0.3 is 0 Å². The lowest BCUT2D eigenvalue weighted by atomic mass is 10.1. The summed E-state index contributed by atoms with van der Waals surface area (Å²) in [4.78, 5) is 0. The van der Waals surface area contributed by atoms with E-state index in [0.717, 1.165) is 9.13 Å². The average molecular weight is 336 g/mol. The molecular weight excluding hydrogens is 323 g/mol. The lowest BCUT2D eigenvalue weighted by molar-refractivity contribution is -0.261. The van der Waals surface area contributed by atoms with Gasteiger partial charge in [0.2, 0.25) is 0 Å². The van der Waals surface area contributed by atoms with E-state index in [1.54, 1.807) is 0 Å². The Balaban J connectivity index is 2.08. The monoisotopic (exact) mass is 336 g/mol. The number of halogens is 1. The maximum absolute atomic E-state index is 9.37. The minimum absolute atomic E-state index is 0.224. The lowest BCUT2D eigenvalue weighted by Gasteiger charge is -2.33. The Bertz CT molecular complexity index is 340. The molecule has 0 aromatic heterocycles. The van der Waals surface area contributed by atoms with Crippen molar-refractivity contribution in [1.29, 1.82) is 0 Å². The first-order valence-corrected chi connectivity index (χ1v) is 6.10. The Morgan fingerprint density at radius 1 is 1.31 bits per heavy atom. The van der Waals surface area contributed by atoms with Crippen LogP contribution in [0.25, 0.3) is 0 Å². The number of benzene rings is 1. The van der Waals surface area contributed by atoms with E-state index in [4.69, 9.17) is 14.6 Å². The first kappa shape index (κ1) is 12.3. The predicted molar refractivity (Wildman–Crippen MR) is 65.8 cm³/mol. The van der Waals surface area contributed by atoms with Crippen LogP contribution in [0.2, 0.25) is 0 Å². The van der Waals surface area contributed by atoms with Gasteiger partial charge in [0.25, 0.3) is 0 Å². The molecule has 2 rings (SSSR count). The fraction of sp³-hybridized carbons (Fsp3) is 0.455. The molecule has 0 radical (unpaired) electrons. The van der Waals surface area contributed by atoms with Gasteiger partial charge in [-0.15, -0.1) is 0 Å². The zero-order chi connectivity index (χ0) is 11.5. The van der Waals surface area contributed by atoms with E-state index >= 15 is 0 Å². The Kier molecular flexibility index (Phi) is 4.15. The van der Waals surface area contributed by atoms with Gasteiger partial charge in [-0.05, 0) is 40.3 Å². The van der Waals surface area contributed by atoms with Crippen LogP contribution in [-0.4, -0.2) is 35.8 Å². The zero-order valence-electron chi connectivity index (χ0n) is 8.54. The van der Waals surface area contributed by atoms with Crippen LogP contribution in [0.4, 0.5) is 0 Å². The quantitative estimate of drug-likeness (QED) is 0.793. The minimum Gasteiger partial charge on any atom is -0.393 e. The minimum atomic E-state index is -1.04. The fourth-order valence-corrected chi connectivity index (χ4v) is 1.96. The number of rotatable bonds is 2. The van der Waals surface area contributed by atoms with Gasteiger partial charge < -0.3 is 19.7 Å². The van der Waals surface area contributed by atoms with Crippen molar-refractivity contribution in [3.05, 3.63) is 33.4 Å². The summed E-state index contributed by atoms with van der Waals surface area (Å²) < 4.78 is 11.8. The molecule has 1 heterocycles. The predicted octanol–water partition coefficient (Wildman–Crippen LogP) is 1.06. The smallest absolute Gasteiger partial charge is 0.183 e. The Morgan fingerprint density at radius 2 is 2.00 bits per heavy atom. The molecule has 2 N–H and O–H groups in total. The van der Waals surface area contributed by atoms with Crippen LogP contribution in [0.3, 0.4) is 0 Å². The molecule has 0 aliphatic carbocycles. The summed E-state index contributed by atoms with van der Waals surface area (Å²) in [5.41, 5.74) is 0.991. The fourth-order valence-electron chi connectivity index (χ4n) is 1.60. The second kappa shape index (κ2) is 5.42. The van der Waals surface area contributed by atoms with Crippen molar-refractivity contribution >= 4 is 22.6 Å². The molecule has 1 saturated heterocycles. The highest BCUT2D eigenvalue weighted by molar-refractivity contribution is 14.1. The van der Waals surface area contributed by atoms with Gasteiger partial charge in [0, 0.05) is 3.57 Å². The highest BCUT2D eigenvalue weighted by Gasteiger charge is 2.30. The molecule has 0 saturated carbocycles. The van der Waals surface area contributed by atoms with Gasteiger partial charge in [-0.2, -0.15) is 0 Å². The molecule has 4 nitrogen and oxygen atoms in total.